The van der Waals surface area contributed by atoms with Gasteiger partial charge in [-0.2, -0.15) is 0 Å². The third-order valence-corrected chi connectivity index (χ3v) is 1.35. The van der Waals surface area contributed by atoms with E-state index in [2.05, 4.69) is 6.92 Å². The van der Waals surface area contributed by atoms with Gasteiger partial charge < -0.3 is 9.84 Å². The van der Waals surface area contributed by atoms with Gasteiger partial charge in [-0.15, -0.1) is 0 Å². The molecule has 2 heteroatoms. The minimum Gasteiger partial charge on any atom is -0.502 e. The predicted octanol–water partition coefficient (Wildman–Crippen LogP) is 2.09. The fraction of sp³-hybridized carbons (Fsp3) is 0.778. The molecule has 0 fully saturated rings. The highest BCUT2D eigenvalue weighted by Gasteiger charge is 1.82. The van der Waals surface area contributed by atoms with Crippen molar-refractivity contribution in [3.63, 3.8) is 0 Å². The summed E-state index contributed by atoms with van der Waals surface area (Å²) in [5.41, 5.74) is 0. The van der Waals surface area contributed by atoms with Crippen molar-refractivity contribution in [3.8, 4) is 0 Å². The van der Waals surface area contributed by atoms with Crippen LogP contribution in [0.15, 0.2) is 12.3 Å². The number of rotatable bonds is 7. The molecular formula is C9H18O2. The molecule has 1 N–H and O–H groups in total. The Balaban J connectivity index is 2.89. The molecule has 66 valence electrons. The fourth-order valence-corrected chi connectivity index (χ4v) is 0.714. The topological polar surface area (TPSA) is 29.5 Å². The molecule has 0 aliphatic rings. The molecule has 0 atom stereocenters. The molecule has 0 radical (unpaired) electrons. The molecule has 0 aromatic rings. The minimum absolute atomic E-state index is 0.203. The van der Waals surface area contributed by atoms with Gasteiger partial charge in [0, 0.05) is 6.61 Å². The number of ether oxygens (including phenoxy) is 1. The Morgan fingerprint density at radius 2 is 2.18 bits per heavy atom. The van der Waals surface area contributed by atoms with Gasteiger partial charge in [0.25, 0.3) is 0 Å². The van der Waals surface area contributed by atoms with Crippen LogP contribution >= 0.6 is 0 Å². The van der Waals surface area contributed by atoms with E-state index >= 15 is 0 Å². The van der Waals surface area contributed by atoms with Crippen molar-refractivity contribution in [3.05, 3.63) is 12.3 Å². The summed E-state index contributed by atoms with van der Waals surface area (Å²) >= 11 is 0. The van der Waals surface area contributed by atoms with Crippen molar-refractivity contribution in [1.29, 1.82) is 0 Å². The second kappa shape index (κ2) is 9.50. The lowest BCUT2D eigenvalue weighted by molar-refractivity contribution is 0.238. The first-order valence-corrected chi connectivity index (χ1v) is 4.29. The Bertz CT molecular complexity index is 89.6. The lowest BCUT2D eigenvalue weighted by Gasteiger charge is -1.97. The van der Waals surface area contributed by atoms with E-state index < -0.39 is 0 Å². The maximum absolute atomic E-state index is 8.40. The summed E-state index contributed by atoms with van der Waals surface area (Å²) in [7, 11) is 0. The van der Waals surface area contributed by atoms with Crippen LogP contribution in [0, 0.1) is 0 Å². The van der Waals surface area contributed by atoms with Crippen molar-refractivity contribution in [2.24, 2.45) is 0 Å². The van der Waals surface area contributed by atoms with Gasteiger partial charge >= 0.3 is 0 Å². The molecule has 11 heavy (non-hydrogen) atoms. The molecule has 0 amide bonds. The van der Waals surface area contributed by atoms with Crippen molar-refractivity contribution in [2.45, 2.75) is 32.6 Å². The van der Waals surface area contributed by atoms with Gasteiger partial charge in [0.15, 0.2) is 0 Å². The summed E-state index contributed by atoms with van der Waals surface area (Å²) in [6.07, 6.45) is 7.78. The third-order valence-electron chi connectivity index (χ3n) is 1.35. The first-order chi connectivity index (χ1) is 5.41. The molecule has 0 saturated heterocycles. The van der Waals surface area contributed by atoms with E-state index in [0.29, 0.717) is 6.42 Å². The largest absolute Gasteiger partial charge is 0.502 e. The van der Waals surface area contributed by atoms with Crippen LogP contribution < -0.4 is 0 Å². The molecule has 0 unspecified atom stereocenters. The zero-order valence-corrected chi connectivity index (χ0v) is 7.25. The maximum atomic E-state index is 8.40. The van der Waals surface area contributed by atoms with Gasteiger partial charge in [0.1, 0.15) is 0 Å². The molecule has 0 heterocycles. The molecule has 0 aliphatic heterocycles. The highest BCUT2D eigenvalue weighted by molar-refractivity contribution is 4.72. The smallest absolute Gasteiger partial charge is 0.0873 e. The maximum Gasteiger partial charge on any atom is 0.0873 e. The van der Waals surface area contributed by atoms with Gasteiger partial charge in [-0.05, 0) is 18.9 Å². The first-order valence-electron chi connectivity index (χ1n) is 4.29. The summed E-state index contributed by atoms with van der Waals surface area (Å²) in [5.74, 6) is 0. The number of hydrogen-bond acceptors (Lipinski definition) is 2. The SMILES string of the molecule is CCCCCOC=CCCO. The third kappa shape index (κ3) is 9.50. The van der Waals surface area contributed by atoms with E-state index in [-0.39, 0.29) is 6.61 Å². The number of aliphatic hydroxyl groups is 1. The zero-order valence-electron chi connectivity index (χ0n) is 7.25. The summed E-state index contributed by atoms with van der Waals surface area (Å²) in [5, 5.41) is 8.40. The summed E-state index contributed by atoms with van der Waals surface area (Å²) in [6, 6.07) is 0. The van der Waals surface area contributed by atoms with Crippen molar-refractivity contribution >= 4 is 0 Å². The van der Waals surface area contributed by atoms with Crippen LogP contribution in [0.4, 0.5) is 0 Å². The Morgan fingerprint density at radius 1 is 1.36 bits per heavy atom. The van der Waals surface area contributed by atoms with Crippen LogP contribution in [0.1, 0.15) is 32.6 Å². The Hall–Kier alpha value is -0.500. The normalized spacial score (nSPS) is 10.7. The van der Waals surface area contributed by atoms with Gasteiger partial charge in [-0.1, -0.05) is 19.8 Å². The number of aliphatic hydroxyl groups excluding tert-OH is 1. The molecule has 2 nitrogen and oxygen atoms in total. The van der Waals surface area contributed by atoms with Crippen LogP contribution in [-0.2, 0) is 4.74 Å². The van der Waals surface area contributed by atoms with E-state index in [4.69, 9.17) is 9.84 Å². The van der Waals surface area contributed by atoms with Crippen LogP contribution in [0.3, 0.4) is 0 Å². The first kappa shape index (κ1) is 10.5. The van der Waals surface area contributed by atoms with Crippen molar-refractivity contribution in [1.82, 2.24) is 0 Å². The molecule has 0 aromatic carbocycles. The van der Waals surface area contributed by atoms with Crippen LogP contribution in [0.25, 0.3) is 0 Å². The summed E-state index contributed by atoms with van der Waals surface area (Å²) in [4.78, 5) is 0. The van der Waals surface area contributed by atoms with Crippen molar-refractivity contribution < 1.29 is 9.84 Å². The average molecular weight is 158 g/mol. The highest BCUT2D eigenvalue weighted by atomic mass is 16.5. The quantitative estimate of drug-likeness (QED) is 0.454. The van der Waals surface area contributed by atoms with Gasteiger partial charge in [0.05, 0.1) is 12.9 Å². The lowest BCUT2D eigenvalue weighted by Crippen LogP contribution is -1.86. The molecular weight excluding hydrogens is 140 g/mol. The summed E-state index contributed by atoms with van der Waals surface area (Å²) < 4.78 is 5.15. The van der Waals surface area contributed by atoms with E-state index in [1.807, 2.05) is 6.08 Å². The Labute approximate surface area is 68.9 Å². The number of hydrogen-bond donors (Lipinski definition) is 1. The van der Waals surface area contributed by atoms with Gasteiger partial charge in [-0.3, -0.25) is 0 Å². The van der Waals surface area contributed by atoms with Crippen LogP contribution in [-0.4, -0.2) is 18.3 Å². The van der Waals surface area contributed by atoms with Gasteiger partial charge in [-0.25, -0.2) is 0 Å². The monoisotopic (exact) mass is 158 g/mol. The van der Waals surface area contributed by atoms with E-state index in [1.165, 1.54) is 12.8 Å². The summed E-state index contributed by atoms with van der Waals surface area (Å²) in [6.45, 7) is 3.17. The minimum atomic E-state index is 0.203. The second-order valence-electron chi connectivity index (χ2n) is 2.46. The van der Waals surface area contributed by atoms with Crippen molar-refractivity contribution in [2.75, 3.05) is 13.2 Å². The van der Waals surface area contributed by atoms with E-state index in [9.17, 15) is 0 Å². The second-order valence-corrected chi connectivity index (χ2v) is 2.46. The highest BCUT2D eigenvalue weighted by Crippen LogP contribution is 1.94. The molecule has 0 rings (SSSR count). The van der Waals surface area contributed by atoms with Gasteiger partial charge in [0.2, 0.25) is 0 Å². The lowest BCUT2D eigenvalue weighted by atomic mass is 10.3. The van der Waals surface area contributed by atoms with E-state index in [0.717, 1.165) is 13.0 Å². The molecule has 0 aromatic heterocycles. The molecule has 0 aliphatic carbocycles. The van der Waals surface area contributed by atoms with E-state index in [1.54, 1.807) is 6.26 Å². The predicted molar refractivity (Wildman–Crippen MR) is 46.3 cm³/mol. The average Bonchev–Trinajstić information content (AvgIpc) is 2.03. The van der Waals surface area contributed by atoms with Crippen LogP contribution in [0.2, 0.25) is 0 Å². The standard InChI is InChI=1S/C9H18O2/c1-2-3-5-8-11-9-6-4-7-10/h6,9-10H,2-5,7-8H2,1H3. The number of unbranched alkanes of at least 4 members (excludes halogenated alkanes) is 2. The molecule has 0 bridgehead atoms. The Kier molecular flexibility index (Phi) is 9.07. The molecule has 0 saturated carbocycles. The zero-order chi connectivity index (χ0) is 8.36. The molecule has 0 spiro atoms. The fourth-order valence-electron chi connectivity index (χ4n) is 0.714. The van der Waals surface area contributed by atoms with Crippen LogP contribution in [0.5, 0.6) is 0 Å². The Morgan fingerprint density at radius 3 is 2.82 bits per heavy atom.